The lowest BCUT2D eigenvalue weighted by molar-refractivity contribution is -0.0854. The van der Waals surface area contributed by atoms with Crippen LogP contribution < -0.4 is 4.74 Å². The second-order valence-corrected chi connectivity index (χ2v) is 5.15. The van der Waals surface area contributed by atoms with Gasteiger partial charge in [0.1, 0.15) is 5.75 Å². The molecular formula is C17H29NO2. The van der Waals surface area contributed by atoms with Gasteiger partial charge < -0.3 is 9.47 Å². The number of nitrogens with zero attached hydrogens (tertiary/aromatic N) is 1. The minimum absolute atomic E-state index is 0.132. The summed E-state index contributed by atoms with van der Waals surface area (Å²) in [5, 5.41) is 0. The molecule has 1 aromatic heterocycles. The molecule has 0 aromatic carbocycles. The summed E-state index contributed by atoms with van der Waals surface area (Å²) >= 11 is 0. The molecular weight excluding hydrogens is 250 g/mol. The third-order valence-corrected chi connectivity index (χ3v) is 3.17. The van der Waals surface area contributed by atoms with Gasteiger partial charge in [0, 0.05) is 24.4 Å². The third kappa shape index (κ3) is 6.90. The molecule has 0 bridgehead atoms. The molecule has 0 amide bonds. The highest BCUT2D eigenvalue weighted by molar-refractivity contribution is 5.22. The minimum atomic E-state index is -0.132. The van der Waals surface area contributed by atoms with E-state index in [-0.39, 0.29) is 6.29 Å². The summed E-state index contributed by atoms with van der Waals surface area (Å²) in [7, 11) is 0. The molecule has 0 saturated carbocycles. The summed E-state index contributed by atoms with van der Waals surface area (Å²) in [6.45, 7) is 7.29. The normalized spacial score (nSPS) is 12.3. The molecule has 20 heavy (non-hydrogen) atoms. The van der Waals surface area contributed by atoms with Crippen LogP contribution in [0.1, 0.15) is 65.0 Å². The van der Waals surface area contributed by atoms with E-state index < -0.39 is 0 Å². The Morgan fingerprint density at radius 3 is 2.60 bits per heavy atom. The van der Waals surface area contributed by atoms with E-state index in [9.17, 15) is 0 Å². The molecule has 0 N–H and O–H groups in total. The third-order valence-electron chi connectivity index (χ3n) is 3.17. The summed E-state index contributed by atoms with van der Waals surface area (Å²) in [6, 6.07) is 3.96. The summed E-state index contributed by atoms with van der Waals surface area (Å²) in [5.74, 6) is 0.876. The Bertz CT molecular complexity index is 355. The second-order valence-electron chi connectivity index (χ2n) is 5.15. The molecule has 0 spiro atoms. The van der Waals surface area contributed by atoms with Crippen molar-refractivity contribution in [1.29, 1.82) is 0 Å². The number of hydrogen-bond acceptors (Lipinski definition) is 3. The van der Waals surface area contributed by atoms with E-state index in [1.54, 1.807) is 0 Å². The van der Waals surface area contributed by atoms with Crippen LogP contribution >= 0.6 is 0 Å². The van der Waals surface area contributed by atoms with Crippen LogP contribution in [0, 0.1) is 0 Å². The van der Waals surface area contributed by atoms with Crippen LogP contribution in [0.2, 0.25) is 0 Å². The average molecular weight is 279 g/mol. The minimum Gasteiger partial charge on any atom is -0.465 e. The molecule has 3 heteroatoms. The van der Waals surface area contributed by atoms with Gasteiger partial charge in [-0.15, -0.1) is 0 Å². The lowest BCUT2D eigenvalue weighted by atomic mass is 10.2. The van der Waals surface area contributed by atoms with Gasteiger partial charge in [-0.2, -0.15) is 0 Å². The van der Waals surface area contributed by atoms with Crippen molar-refractivity contribution in [1.82, 2.24) is 4.98 Å². The predicted octanol–water partition coefficient (Wildman–Crippen LogP) is 4.75. The summed E-state index contributed by atoms with van der Waals surface area (Å²) in [5.41, 5.74) is 1.10. The maximum absolute atomic E-state index is 5.96. The van der Waals surface area contributed by atoms with Gasteiger partial charge in [-0.1, -0.05) is 40.0 Å². The van der Waals surface area contributed by atoms with Crippen molar-refractivity contribution < 1.29 is 9.47 Å². The van der Waals surface area contributed by atoms with Crippen LogP contribution in [0.4, 0.5) is 0 Å². The van der Waals surface area contributed by atoms with Crippen LogP contribution in [-0.2, 0) is 11.2 Å². The van der Waals surface area contributed by atoms with E-state index in [4.69, 9.17) is 9.47 Å². The van der Waals surface area contributed by atoms with Crippen LogP contribution in [0.15, 0.2) is 18.3 Å². The molecule has 3 nitrogen and oxygen atoms in total. The van der Waals surface area contributed by atoms with Gasteiger partial charge in [0.2, 0.25) is 0 Å². The number of pyridine rings is 1. The number of hydrogen-bond donors (Lipinski definition) is 0. The Morgan fingerprint density at radius 2 is 1.90 bits per heavy atom. The molecule has 114 valence electrons. The predicted molar refractivity (Wildman–Crippen MR) is 83.0 cm³/mol. The number of ether oxygens (including phenoxy) is 2. The first-order valence-corrected chi connectivity index (χ1v) is 8.03. The highest BCUT2D eigenvalue weighted by Crippen LogP contribution is 2.17. The van der Waals surface area contributed by atoms with Gasteiger partial charge in [0.15, 0.2) is 6.29 Å². The molecule has 0 saturated heterocycles. The first-order valence-electron chi connectivity index (χ1n) is 8.03. The van der Waals surface area contributed by atoms with Crippen molar-refractivity contribution in [3.05, 3.63) is 24.0 Å². The summed E-state index contributed by atoms with van der Waals surface area (Å²) < 4.78 is 11.8. The Hall–Kier alpha value is -1.09. The fourth-order valence-electron chi connectivity index (χ4n) is 1.95. The van der Waals surface area contributed by atoms with Crippen molar-refractivity contribution in [2.75, 3.05) is 6.61 Å². The van der Waals surface area contributed by atoms with Crippen LogP contribution in [-0.4, -0.2) is 17.9 Å². The molecule has 1 heterocycles. The Labute approximate surface area is 123 Å². The van der Waals surface area contributed by atoms with Gasteiger partial charge in [-0.25, -0.2) is 0 Å². The van der Waals surface area contributed by atoms with Crippen molar-refractivity contribution in [2.24, 2.45) is 0 Å². The average Bonchev–Trinajstić information content (AvgIpc) is 2.46. The highest BCUT2D eigenvalue weighted by Gasteiger charge is 2.10. The molecule has 0 radical (unpaired) electrons. The van der Waals surface area contributed by atoms with Crippen molar-refractivity contribution in [3.63, 3.8) is 0 Å². The molecule has 1 aromatic rings. The number of unbranched alkanes of at least 4 members (excludes halogenated alkanes) is 2. The quantitative estimate of drug-likeness (QED) is 0.433. The molecule has 0 fully saturated rings. The van der Waals surface area contributed by atoms with Crippen LogP contribution in [0.25, 0.3) is 0 Å². The van der Waals surface area contributed by atoms with E-state index >= 15 is 0 Å². The Kier molecular flexibility index (Phi) is 9.05. The van der Waals surface area contributed by atoms with Crippen LogP contribution in [0.3, 0.4) is 0 Å². The van der Waals surface area contributed by atoms with Crippen molar-refractivity contribution in [2.45, 2.75) is 72.0 Å². The zero-order valence-corrected chi connectivity index (χ0v) is 13.2. The topological polar surface area (TPSA) is 31.4 Å². The van der Waals surface area contributed by atoms with Gasteiger partial charge in [0.05, 0.1) is 6.61 Å². The van der Waals surface area contributed by atoms with Crippen molar-refractivity contribution in [3.8, 4) is 5.75 Å². The lowest BCUT2D eigenvalue weighted by Crippen LogP contribution is -2.21. The monoisotopic (exact) mass is 279 g/mol. The summed E-state index contributed by atoms with van der Waals surface area (Å²) in [4.78, 5) is 4.38. The molecule has 0 aliphatic carbocycles. The van der Waals surface area contributed by atoms with E-state index in [1.165, 1.54) is 12.8 Å². The van der Waals surface area contributed by atoms with Gasteiger partial charge >= 0.3 is 0 Å². The number of aryl methyl sites for hydroxylation is 1. The van der Waals surface area contributed by atoms with Gasteiger partial charge in [0.25, 0.3) is 0 Å². The number of aromatic nitrogens is 1. The number of rotatable bonds is 11. The smallest absolute Gasteiger partial charge is 0.199 e. The standard InChI is InChI=1S/C17H29NO2/c1-4-7-10-15-14-16(11-12-18-15)20-17(9-6-3)19-13-8-5-2/h11-12,14,17H,4-10,13H2,1-3H3. The zero-order valence-electron chi connectivity index (χ0n) is 13.2. The lowest BCUT2D eigenvalue weighted by Gasteiger charge is -2.19. The van der Waals surface area contributed by atoms with E-state index in [1.807, 2.05) is 18.3 Å². The first kappa shape index (κ1) is 17.0. The highest BCUT2D eigenvalue weighted by atomic mass is 16.7. The fourth-order valence-corrected chi connectivity index (χ4v) is 1.95. The maximum atomic E-state index is 5.96. The second kappa shape index (κ2) is 10.7. The SMILES string of the molecule is CCCCOC(CCC)Oc1ccnc(CCCC)c1. The molecule has 0 aliphatic rings. The van der Waals surface area contributed by atoms with Gasteiger partial charge in [-0.3, -0.25) is 4.98 Å². The molecule has 1 unspecified atom stereocenters. The Balaban J connectivity index is 2.53. The maximum Gasteiger partial charge on any atom is 0.199 e. The summed E-state index contributed by atoms with van der Waals surface area (Å²) in [6.07, 6.45) is 9.29. The van der Waals surface area contributed by atoms with Crippen LogP contribution in [0.5, 0.6) is 5.75 Å². The Morgan fingerprint density at radius 1 is 1.10 bits per heavy atom. The fraction of sp³-hybridized carbons (Fsp3) is 0.706. The van der Waals surface area contributed by atoms with E-state index in [2.05, 4.69) is 25.8 Å². The zero-order chi connectivity index (χ0) is 14.6. The largest absolute Gasteiger partial charge is 0.465 e. The van der Waals surface area contributed by atoms with Gasteiger partial charge in [-0.05, 0) is 25.3 Å². The van der Waals surface area contributed by atoms with E-state index in [0.29, 0.717) is 0 Å². The molecule has 1 rings (SSSR count). The van der Waals surface area contributed by atoms with Crippen molar-refractivity contribution >= 4 is 0 Å². The molecule has 0 aliphatic heterocycles. The first-order chi connectivity index (χ1) is 9.80. The van der Waals surface area contributed by atoms with E-state index in [0.717, 1.165) is 50.2 Å². The molecule has 1 atom stereocenters.